The number of amides is 1. The van der Waals surface area contributed by atoms with Gasteiger partial charge in [-0.2, -0.15) is 0 Å². The van der Waals surface area contributed by atoms with Crippen molar-refractivity contribution in [2.45, 2.75) is 58.9 Å². The van der Waals surface area contributed by atoms with Gasteiger partial charge in [-0.05, 0) is 30.6 Å². The fourth-order valence-corrected chi connectivity index (χ4v) is 2.40. The van der Waals surface area contributed by atoms with Gasteiger partial charge in [0.1, 0.15) is 0 Å². The summed E-state index contributed by atoms with van der Waals surface area (Å²) in [5.41, 5.74) is 6.23. The molecular formula is C14H28N2O. The standard InChI is InChI=1S/C14H28N2O/c1-14(2,3)9-12(15)8-13(17)16(4)10-11-6-5-7-11/h11-12H,5-10,15H2,1-4H3. The number of hydrogen-bond acceptors (Lipinski definition) is 2. The lowest BCUT2D eigenvalue weighted by Gasteiger charge is -2.31. The van der Waals surface area contributed by atoms with Crippen LogP contribution in [0.5, 0.6) is 0 Å². The maximum absolute atomic E-state index is 12.0. The molecule has 2 N–H and O–H groups in total. The van der Waals surface area contributed by atoms with Crippen LogP contribution in [-0.4, -0.2) is 30.4 Å². The normalized spacial score (nSPS) is 18.6. The van der Waals surface area contributed by atoms with Gasteiger partial charge in [0.15, 0.2) is 0 Å². The first-order valence-electron chi connectivity index (χ1n) is 6.77. The Labute approximate surface area is 106 Å². The molecule has 1 aliphatic carbocycles. The predicted octanol–water partition coefficient (Wildman–Crippen LogP) is 2.40. The van der Waals surface area contributed by atoms with Gasteiger partial charge in [-0.3, -0.25) is 4.79 Å². The van der Waals surface area contributed by atoms with Crippen molar-refractivity contribution in [3.05, 3.63) is 0 Å². The first-order chi connectivity index (χ1) is 7.78. The Morgan fingerprint density at radius 2 is 2.00 bits per heavy atom. The molecule has 0 aromatic heterocycles. The molecule has 1 atom stereocenters. The molecular weight excluding hydrogens is 212 g/mol. The van der Waals surface area contributed by atoms with Crippen molar-refractivity contribution in [3.63, 3.8) is 0 Å². The van der Waals surface area contributed by atoms with Gasteiger partial charge in [0.25, 0.3) is 0 Å². The molecule has 0 radical (unpaired) electrons. The van der Waals surface area contributed by atoms with Crippen LogP contribution in [0.2, 0.25) is 0 Å². The second-order valence-corrected chi connectivity index (χ2v) is 6.80. The largest absolute Gasteiger partial charge is 0.345 e. The van der Waals surface area contributed by atoms with E-state index in [-0.39, 0.29) is 17.4 Å². The van der Waals surface area contributed by atoms with E-state index >= 15 is 0 Å². The average molecular weight is 240 g/mol. The minimum absolute atomic E-state index is 0.00802. The van der Waals surface area contributed by atoms with Crippen molar-refractivity contribution in [2.24, 2.45) is 17.1 Å². The summed E-state index contributed by atoms with van der Waals surface area (Å²) in [7, 11) is 1.91. The van der Waals surface area contributed by atoms with E-state index in [9.17, 15) is 4.79 Å². The number of carbonyl (C=O) groups is 1. The third kappa shape index (κ3) is 5.53. The van der Waals surface area contributed by atoms with E-state index in [4.69, 9.17) is 5.73 Å². The molecule has 0 aromatic carbocycles. The Morgan fingerprint density at radius 3 is 2.41 bits per heavy atom. The van der Waals surface area contributed by atoms with Gasteiger partial charge in [-0.25, -0.2) is 0 Å². The Balaban J connectivity index is 2.26. The Kier molecular flexibility index (Phi) is 4.99. The molecule has 0 bridgehead atoms. The van der Waals surface area contributed by atoms with Gasteiger partial charge in [0.2, 0.25) is 5.91 Å². The second-order valence-electron chi connectivity index (χ2n) is 6.80. The van der Waals surface area contributed by atoms with Crippen LogP contribution in [0, 0.1) is 11.3 Å². The zero-order valence-electron chi connectivity index (χ0n) is 11.8. The number of nitrogens with zero attached hydrogens (tertiary/aromatic N) is 1. The monoisotopic (exact) mass is 240 g/mol. The van der Waals surface area contributed by atoms with Crippen molar-refractivity contribution in [1.29, 1.82) is 0 Å². The summed E-state index contributed by atoms with van der Waals surface area (Å²) in [6.07, 6.45) is 5.28. The summed E-state index contributed by atoms with van der Waals surface area (Å²) in [5.74, 6) is 0.941. The second kappa shape index (κ2) is 5.85. The zero-order valence-corrected chi connectivity index (χ0v) is 11.8. The van der Waals surface area contributed by atoms with Gasteiger partial charge < -0.3 is 10.6 Å². The maximum Gasteiger partial charge on any atom is 0.223 e. The highest BCUT2D eigenvalue weighted by Crippen LogP contribution is 2.27. The summed E-state index contributed by atoms with van der Waals surface area (Å²) in [6.45, 7) is 7.40. The average Bonchev–Trinajstić information content (AvgIpc) is 2.07. The number of carbonyl (C=O) groups excluding carboxylic acids is 1. The van der Waals surface area contributed by atoms with Crippen molar-refractivity contribution in [2.75, 3.05) is 13.6 Å². The molecule has 0 heterocycles. The first kappa shape index (κ1) is 14.5. The van der Waals surface area contributed by atoms with E-state index in [2.05, 4.69) is 20.8 Å². The van der Waals surface area contributed by atoms with Gasteiger partial charge in [0, 0.05) is 26.1 Å². The van der Waals surface area contributed by atoms with Crippen LogP contribution in [0.15, 0.2) is 0 Å². The Morgan fingerprint density at radius 1 is 1.41 bits per heavy atom. The molecule has 17 heavy (non-hydrogen) atoms. The molecule has 0 aromatic rings. The maximum atomic E-state index is 12.0. The minimum atomic E-state index is -0.00802. The third-order valence-corrected chi connectivity index (χ3v) is 3.49. The van der Waals surface area contributed by atoms with Gasteiger partial charge in [-0.15, -0.1) is 0 Å². The Hall–Kier alpha value is -0.570. The zero-order chi connectivity index (χ0) is 13.1. The van der Waals surface area contributed by atoms with E-state index in [1.165, 1.54) is 19.3 Å². The highest BCUT2D eigenvalue weighted by molar-refractivity contribution is 5.76. The lowest BCUT2D eigenvalue weighted by Crippen LogP contribution is -2.38. The first-order valence-corrected chi connectivity index (χ1v) is 6.77. The Bertz CT molecular complexity index is 253. The van der Waals surface area contributed by atoms with Crippen LogP contribution in [0.4, 0.5) is 0 Å². The molecule has 1 saturated carbocycles. The molecule has 1 unspecified atom stereocenters. The van der Waals surface area contributed by atoms with Crippen LogP contribution < -0.4 is 5.73 Å². The fourth-order valence-electron chi connectivity index (χ4n) is 2.40. The van der Waals surface area contributed by atoms with Crippen LogP contribution >= 0.6 is 0 Å². The predicted molar refractivity (Wildman–Crippen MR) is 71.6 cm³/mol. The molecule has 3 nitrogen and oxygen atoms in total. The quantitative estimate of drug-likeness (QED) is 0.802. The molecule has 1 rings (SSSR count). The summed E-state index contributed by atoms with van der Waals surface area (Å²) < 4.78 is 0. The number of hydrogen-bond donors (Lipinski definition) is 1. The summed E-state index contributed by atoms with van der Waals surface area (Å²) in [4.78, 5) is 13.8. The minimum Gasteiger partial charge on any atom is -0.345 e. The van der Waals surface area contributed by atoms with Crippen molar-refractivity contribution in [1.82, 2.24) is 4.90 Å². The molecule has 0 saturated heterocycles. The third-order valence-electron chi connectivity index (χ3n) is 3.49. The molecule has 1 aliphatic rings. The van der Waals surface area contributed by atoms with E-state index in [1.54, 1.807) is 0 Å². The van der Waals surface area contributed by atoms with Gasteiger partial charge in [-0.1, -0.05) is 27.2 Å². The highest BCUT2D eigenvalue weighted by Gasteiger charge is 2.23. The van der Waals surface area contributed by atoms with Crippen molar-refractivity contribution in [3.8, 4) is 0 Å². The van der Waals surface area contributed by atoms with Crippen molar-refractivity contribution >= 4 is 5.91 Å². The van der Waals surface area contributed by atoms with Crippen LogP contribution in [0.25, 0.3) is 0 Å². The van der Waals surface area contributed by atoms with Crippen LogP contribution in [-0.2, 0) is 4.79 Å². The van der Waals surface area contributed by atoms with E-state index in [1.807, 2.05) is 11.9 Å². The lowest BCUT2D eigenvalue weighted by molar-refractivity contribution is -0.131. The van der Waals surface area contributed by atoms with Crippen LogP contribution in [0.3, 0.4) is 0 Å². The lowest BCUT2D eigenvalue weighted by atomic mass is 9.85. The SMILES string of the molecule is CN(CC1CCC1)C(=O)CC(N)CC(C)(C)C. The molecule has 0 spiro atoms. The number of nitrogens with two attached hydrogens (primary N) is 1. The van der Waals surface area contributed by atoms with Crippen LogP contribution in [0.1, 0.15) is 52.9 Å². The van der Waals surface area contributed by atoms with E-state index < -0.39 is 0 Å². The molecule has 0 aliphatic heterocycles. The van der Waals surface area contributed by atoms with Gasteiger partial charge in [0.05, 0.1) is 0 Å². The molecule has 1 fully saturated rings. The van der Waals surface area contributed by atoms with E-state index in [0.29, 0.717) is 6.42 Å². The molecule has 1 amide bonds. The highest BCUT2D eigenvalue weighted by atomic mass is 16.2. The number of rotatable bonds is 5. The molecule has 100 valence electrons. The fraction of sp³-hybridized carbons (Fsp3) is 0.929. The topological polar surface area (TPSA) is 46.3 Å². The summed E-state index contributed by atoms with van der Waals surface area (Å²) in [5, 5.41) is 0. The smallest absolute Gasteiger partial charge is 0.223 e. The molecule has 3 heteroatoms. The van der Waals surface area contributed by atoms with E-state index in [0.717, 1.165) is 18.9 Å². The van der Waals surface area contributed by atoms with Crippen molar-refractivity contribution < 1.29 is 4.79 Å². The summed E-state index contributed by atoms with van der Waals surface area (Å²) in [6, 6.07) is -0.00802. The van der Waals surface area contributed by atoms with Gasteiger partial charge >= 0.3 is 0 Å². The summed E-state index contributed by atoms with van der Waals surface area (Å²) >= 11 is 0.